The number of amides is 1. The van der Waals surface area contributed by atoms with Gasteiger partial charge >= 0.3 is 0 Å². The fourth-order valence-corrected chi connectivity index (χ4v) is 2.81. The molecule has 1 aromatic carbocycles. The molecule has 0 aliphatic heterocycles. The monoisotopic (exact) mass is 406 g/mol. The van der Waals surface area contributed by atoms with Crippen molar-refractivity contribution in [2.75, 3.05) is 5.32 Å². The fourth-order valence-electron chi connectivity index (χ4n) is 2.23. The minimum absolute atomic E-state index is 0.314. The molecule has 0 aliphatic rings. The third kappa shape index (κ3) is 4.43. The number of carbonyl (C=O) groups excluding carboxylic acids is 1. The molecule has 3 rings (SSSR count). The standard InChI is InChI=1S/C18H13Cl3N4O/c1-11-8-16(25(24-11)18-15(21)9-14(20)10-22-18)23-17(26)7-4-12-2-5-13(19)6-3-12/h2-10H,1H3,(H,23,26)/b7-4+. The number of aromatic nitrogens is 3. The van der Waals surface area contributed by atoms with Gasteiger partial charge in [0.1, 0.15) is 5.82 Å². The molecule has 132 valence electrons. The molecule has 0 atom stereocenters. The van der Waals surface area contributed by atoms with Crippen molar-refractivity contribution in [1.82, 2.24) is 14.8 Å². The van der Waals surface area contributed by atoms with Gasteiger partial charge in [-0.15, -0.1) is 0 Å². The molecule has 26 heavy (non-hydrogen) atoms. The zero-order chi connectivity index (χ0) is 18.7. The lowest BCUT2D eigenvalue weighted by Gasteiger charge is -2.08. The van der Waals surface area contributed by atoms with Crippen LogP contribution in [-0.4, -0.2) is 20.7 Å². The van der Waals surface area contributed by atoms with Crippen molar-refractivity contribution in [3.05, 3.63) is 75.0 Å². The van der Waals surface area contributed by atoms with Gasteiger partial charge in [-0.05, 0) is 36.8 Å². The number of anilines is 1. The lowest BCUT2D eigenvalue weighted by molar-refractivity contribution is -0.111. The van der Waals surface area contributed by atoms with Gasteiger partial charge in [-0.2, -0.15) is 9.78 Å². The summed E-state index contributed by atoms with van der Waals surface area (Å²) in [4.78, 5) is 16.4. The van der Waals surface area contributed by atoms with Gasteiger partial charge in [0.05, 0.1) is 15.7 Å². The van der Waals surface area contributed by atoms with Crippen molar-refractivity contribution in [2.24, 2.45) is 0 Å². The normalized spacial score (nSPS) is 11.1. The Labute approximate surface area is 165 Å². The van der Waals surface area contributed by atoms with Crippen LogP contribution < -0.4 is 5.32 Å². The number of rotatable bonds is 4. The van der Waals surface area contributed by atoms with Gasteiger partial charge in [0, 0.05) is 23.4 Å². The lowest BCUT2D eigenvalue weighted by Crippen LogP contribution is -2.13. The molecule has 0 spiro atoms. The average molecular weight is 408 g/mol. The first kappa shape index (κ1) is 18.5. The Kier molecular flexibility index (Phi) is 5.61. The molecular formula is C18H13Cl3N4O. The Hall–Kier alpha value is -2.34. The molecule has 2 aromatic heterocycles. The minimum atomic E-state index is -0.314. The van der Waals surface area contributed by atoms with Crippen molar-refractivity contribution < 1.29 is 4.79 Å². The Bertz CT molecular complexity index is 981. The van der Waals surface area contributed by atoms with Crippen molar-refractivity contribution in [1.29, 1.82) is 0 Å². The summed E-state index contributed by atoms with van der Waals surface area (Å²) >= 11 is 17.9. The average Bonchev–Trinajstić information content (AvgIpc) is 2.94. The van der Waals surface area contributed by atoms with Gasteiger partial charge in [-0.3, -0.25) is 4.79 Å². The van der Waals surface area contributed by atoms with Gasteiger partial charge in [0.25, 0.3) is 0 Å². The predicted molar refractivity (Wildman–Crippen MR) is 105 cm³/mol. The molecule has 0 fully saturated rings. The summed E-state index contributed by atoms with van der Waals surface area (Å²) < 4.78 is 1.46. The van der Waals surface area contributed by atoms with Crippen LogP contribution in [0.15, 0.2) is 48.7 Å². The molecule has 2 heterocycles. The zero-order valence-corrected chi connectivity index (χ0v) is 15.8. The molecule has 0 unspecified atom stereocenters. The SMILES string of the molecule is Cc1cc(NC(=O)/C=C/c2ccc(Cl)cc2)n(-c2ncc(Cl)cc2Cl)n1. The topological polar surface area (TPSA) is 59.8 Å². The Morgan fingerprint density at radius 1 is 1.12 bits per heavy atom. The van der Waals surface area contributed by atoms with E-state index in [0.717, 1.165) is 5.56 Å². The van der Waals surface area contributed by atoms with E-state index >= 15 is 0 Å². The van der Waals surface area contributed by atoms with Crippen LogP contribution in [0.1, 0.15) is 11.3 Å². The second-order valence-electron chi connectivity index (χ2n) is 5.42. The first-order valence-electron chi connectivity index (χ1n) is 7.55. The third-order valence-corrected chi connectivity index (χ3v) is 4.11. The van der Waals surface area contributed by atoms with E-state index in [1.165, 1.54) is 17.0 Å². The summed E-state index contributed by atoms with van der Waals surface area (Å²) in [5.74, 6) is 0.511. The van der Waals surface area contributed by atoms with Crippen molar-refractivity contribution >= 4 is 52.6 Å². The molecule has 0 aliphatic carbocycles. The molecule has 1 amide bonds. The van der Waals surface area contributed by atoms with Gasteiger partial charge < -0.3 is 5.32 Å². The second kappa shape index (κ2) is 7.91. The zero-order valence-electron chi connectivity index (χ0n) is 13.6. The minimum Gasteiger partial charge on any atom is -0.307 e. The smallest absolute Gasteiger partial charge is 0.249 e. The van der Waals surface area contributed by atoms with Crippen LogP contribution in [0.3, 0.4) is 0 Å². The van der Waals surface area contributed by atoms with E-state index in [9.17, 15) is 4.79 Å². The van der Waals surface area contributed by atoms with E-state index in [0.29, 0.717) is 32.4 Å². The highest BCUT2D eigenvalue weighted by atomic mass is 35.5. The van der Waals surface area contributed by atoms with Crippen molar-refractivity contribution in [3.8, 4) is 5.82 Å². The number of nitrogens with zero attached hydrogens (tertiary/aromatic N) is 3. The molecule has 3 aromatic rings. The third-order valence-electron chi connectivity index (χ3n) is 3.37. The lowest BCUT2D eigenvalue weighted by atomic mass is 10.2. The first-order valence-corrected chi connectivity index (χ1v) is 8.68. The van der Waals surface area contributed by atoms with E-state index in [1.54, 1.807) is 37.3 Å². The van der Waals surface area contributed by atoms with Crippen LogP contribution >= 0.6 is 34.8 Å². The Balaban J connectivity index is 1.81. The molecule has 0 saturated heterocycles. The summed E-state index contributed by atoms with van der Waals surface area (Å²) in [7, 11) is 0. The highest BCUT2D eigenvalue weighted by Crippen LogP contribution is 2.25. The molecule has 0 saturated carbocycles. The number of hydrogen-bond donors (Lipinski definition) is 1. The summed E-state index contributed by atoms with van der Waals surface area (Å²) in [6.45, 7) is 1.81. The van der Waals surface area contributed by atoms with E-state index in [-0.39, 0.29) is 5.91 Å². The maximum Gasteiger partial charge on any atom is 0.249 e. The van der Waals surface area contributed by atoms with Crippen LogP contribution in [0.2, 0.25) is 15.1 Å². The molecule has 5 nitrogen and oxygen atoms in total. The van der Waals surface area contributed by atoms with E-state index < -0.39 is 0 Å². The van der Waals surface area contributed by atoms with Crippen molar-refractivity contribution in [2.45, 2.75) is 6.92 Å². The number of carbonyl (C=O) groups is 1. The van der Waals surface area contributed by atoms with Gasteiger partial charge in [-0.1, -0.05) is 46.9 Å². The van der Waals surface area contributed by atoms with Crippen molar-refractivity contribution in [3.63, 3.8) is 0 Å². The Morgan fingerprint density at radius 3 is 2.54 bits per heavy atom. The van der Waals surface area contributed by atoms with Gasteiger partial charge in [0.15, 0.2) is 5.82 Å². The van der Waals surface area contributed by atoms with Crippen LogP contribution in [-0.2, 0) is 4.79 Å². The maximum atomic E-state index is 12.2. The number of nitrogens with one attached hydrogen (secondary N) is 1. The van der Waals surface area contributed by atoms with Crippen LogP contribution in [0.4, 0.5) is 5.82 Å². The second-order valence-corrected chi connectivity index (χ2v) is 6.70. The van der Waals surface area contributed by atoms with E-state index in [2.05, 4.69) is 15.4 Å². The first-order chi connectivity index (χ1) is 12.4. The molecule has 8 heteroatoms. The molecule has 1 N–H and O–H groups in total. The highest BCUT2D eigenvalue weighted by molar-refractivity contribution is 6.35. The maximum absolute atomic E-state index is 12.2. The van der Waals surface area contributed by atoms with E-state index in [1.807, 2.05) is 12.1 Å². The Morgan fingerprint density at radius 2 is 1.85 bits per heavy atom. The number of hydrogen-bond acceptors (Lipinski definition) is 3. The van der Waals surface area contributed by atoms with Crippen LogP contribution in [0.5, 0.6) is 0 Å². The largest absolute Gasteiger partial charge is 0.307 e. The van der Waals surface area contributed by atoms with Gasteiger partial charge in [-0.25, -0.2) is 4.98 Å². The van der Waals surface area contributed by atoms with Gasteiger partial charge in [0.2, 0.25) is 5.91 Å². The van der Waals surface area contributed by atoms with E-state index in [4.69, 9.17) is 34.8 Å². The molecule has 0 radical (unpaired) electrons. The molecular weight excluding hydrogens is 395 g/mol. The quantitative estimate of drug-likeness (QED) is 0.606. The summed E-state index contributed by atoms with van der Waals surface area (Å²) in [5.41, 5.74) is 1.56. The summed E-state index contributed by atoms with van der Waals surface area (Å²) in [6.07, 6.45) is 4.57. The number of aryl methyl sites for hydroxylation is 1. The fraction of sp³-hybridized carbons (Fsp3) is 0.0556. The summed E-state index contributed by atoms with van der Waals surface area (Å²) in [5, 5.41) is 8.48. The van der Waals surface area contributed by atoms with Crippen LogP contribution in [0, 0.1) is 6.92 Å². The summed E-state index contributed by atoms with van der Waals surface area (Å²) in [6, 6.07) is 10.4. The number of benzene rings is 1. The molecule has 0 bridgehead atoms. The number of pyridine rings is 1. The number of halogens is 3. The predicted octanol–water partition coefficient (Wildman–Crippen LogP) is 5.19. The van der Waals surface area contributed by atoms with Crippen LogP contribution in [0.25, 0.3) is 11.9 Å². The highest BCUT2D eigenvalue weighted by Gasteiger charge is 2.14.